The minimum Gasteiger partial charge on any atom is -0.382 e. The number of nitrogens with zero attached hydrogens (tertiary/aromatic N) is 6. The second-order valence-corrected chi connectivity index (χ2v) is 7.34. The van der Waals surface area contributed by atoms with Gasteiger partial charge in [0.25, 0.3) is 0 Å². The molecule has 12 heteroatoms. The maximum atomic E-state index is 14.2. The van der Waals surface area contributed by atoms with Crippen LogP contribution in [0.2, 0.25) is 0 Å². The van der Waals surface area contributed by atoms with E-state index in [2.05, 4.69) is 25.4 Å². The Kier molecular flexibility index (Phi) is 5.07. The number of benzene rings is 1. The maximum Gasteiger partial charge on any atom is 0.245 e. The summed E-state index contributed by atoms with van der Waals surface area (Å²) in [5.74, 6) is -0.477. The van der Waals surface area contributed by atoms with Crippen LogP contribution in [0.3, 0.4) is 0 Å². The number of carbonyl (C=O) groups excluding carboxylic acids is 1. The Labute approximate surface area is 186 Å². The number of nitrogens with two attached hydrogens (primary N) is 1. The fraction of sp³-hybridized carbons (Fsp3) is 0.190. The lowest BCUT2D eigenvalue weighted by molar-refractivity contribution is -0.118. The van der Waals surface area contributed by atoms with Gasteiger partial charge in [0.2, 0.25) is 12.3 Å². The molecular weight excluding hydrogens is 431 g/mol. The van der Waals surface area contributed by atoms with E-state index in [1.54, 1.807) is 41.2 Å². The molecule has 0 saturated carbocycles. The average molecular weight is 450 g/mol. The number of amides is 1. The summed E-state index contributed by atoms with van der Waals surface area (Å²) in [4.78, 5) is 26.6. The van der Waals surface area contributed by atoms with Crippen molar-refractivity contribution in [2.75, 3.05) is 29.6 Å². The first-order chi connectivity index (χ1) is 16.0. The number of fused-ring (bicyclic) bond motifs is 2. The van der Waals surface area contributed by atoms with Gasteiger partial charge in [-0.15, -0.1) is 0 Å². The lowest BCUT2D eigenvalue weighted by atomic mass is 10.2. The molecule has 0 radical (unpaired) electrons. The van der Waals surface area contributed by atoms with E-state index in [1.165, 1.54) is 18.1 Å². The molecule has 33 heavy (non-hydrogen) atoms. The van der Waals surface area contributed by atoms with Crippen molar-refractivity contribution in [1.82, 2.24) is 24.7 Å². The number of aromatic nitrogens is 5. The molecule has 1 aromatic carbocycles. The van der Waals surface area contributed by atoms with E-state index in [1.807, 2.05) is 0 Å². The highest BCUT2D eigenvalue weighted by atomic mass is 19.1. The normalized spacial score (nSPS) is 14.3. The van der Waals surface area contributed by atoms with E-state index in [-0.39, 0.29) is 42.1 Å². The zero-order valence-electron chi connectivity index (χ0n) is 17.4. The summed E-state index contributed by atoms with van der Waals surface area (Å²) in [5.41, 5.74) is 7.75. The molecule has 0 saturated heterocycles. The van der Waals surface area contributed by atoms with Gasteiger partial charge >= 0.3 is 0 Å². The minimum atomic E-state index is -1.41. The summed E-state index contributed by atoms with van der Waals surface area (Å²) in [6.07, 6.45) is 0.203. The van der Waals surface area contributed by atoms with E-state index >= 15 is 0 Å². The van der Waals surface area contributed by atoms with Gasteiger partial charge in [0.05, 0.1) is 11.9 Å². The molecule has 1 unspecified atom stereocenters. The van der Waals surface area contributed by atoms with Gasteiger partial charge in [-0.05, 0) is 18.2 Å². The Morgan fingerprint density at radius 2 is 2.09 bits per heavy atom. The Morgan fingerprint density at radius 1 is 1.27 bits per heavy atom. The lowest BCUT2D eigenvalue weighted by Crippen LogP contribution is -2.46. The average Bonchev–Trinajstić information content (AvgIpc) is 3.17. The third-order valence-electron chi connectivity index (χ3n) is 5.24. The van der Waals surface area contributed by atoms with Crippen molar-refractivity contribution in [2.45, 2.75) is 13.0 Å². The van der Waals surface area contributed by atoms with Crippen molar-refractivity contribution < 1.29 is 19.0 Å². The number of carbonyl (C=O) groups is 1. The zero-order valence-corrected chi connectivity index (χ0v) is 17.4. The number of ether oxygens (including phenoxy) is 1. The fourth-order valence-electron chi connectivity index (χ4n) is 3.74. The molecule has 4 heterocycles. The number of anilines is 3. The van der Waals surface area contributed by atoms with Crippen LogP contribution in [0.1, 0.15) is 5.56 Å². The van der Waals surface area contributed by atoms with Crippen molar-refractivity contribution in [3.05, 3.63) is 54.0 Å². The number of pyridine rings is 1. The zero-order chi connectivity index (χ0) is 23.1. The third kappa shape index (κ3) is 3.60. The Hall–Kier alpha value is -4.16. The Bertz CT molecular complexity index is 1380. The fourth-order valence-corrected chi connectivity index (χ4v) is 3.74. The van der Waals surface area contributed by atoms with Gasteiger partial charge in [0, 0.05) is 18.9 Å². The molecule has 0 bridgehead atoms. The highest BCUT2D eigenvalue weighted by molar-refractivity contribution is 6.02. The molecule has 1 aliphatic rings. The van der Waals surface area contributed by atoms with Crippen molar-refractivity contribution in [1.29, 1.82) is 0 Å². The smallest absolute Gasteiger partial charge is 0.245 e. The molecular formula is C21H19FN8O3. The number of nitrogens with one attached hydrogen (secondary N) is 1. The number of hydrogen-bond acceptors (Lipinski definition) is 9. The molecule has 0 spiro atoms. The summed E-state index contributed by atoms with van der Waals surface area (Å²) < 4.78 is 20.7. The van der Waals surface area contributed by atoms with Crippen LogP contribution in [-0.2, 0) is 16.1 Å². The molecule has 1 aliphatic heterocycles. The molecule has 0 aliphatic carbocycles. The summed E-state index contributed by atoms with van der Waals surface area (Å²) >= 11 is 0. The highest BCUT2D eigenvalue weighted by Crippen LogP contribution is 2.36. The predicted octanol–water partition coefficient (Wildman–Crippen LogP) is 1.34. The van der Waals surface area contributed by atoms with Crippen LogP contribution >= 0.6 is 0 Å². The quantitative estimate of drug-likeness (QED) is 0.384. The van der Waals surface area contributed by atoms with E-state index in [0.29, 0.717) is 22.3 Å². The number of halogens is 1. The van der Waals surface area contributed by atoms with Gasteiger partial charge in [-0.1, -0.05) is 18.2 Å². The van der Waals surface area contributed by atoms with Crippen LogP contribution in [-0.4, -0.2) is 55.8 Å². The SMILES string of the molecule is COC(O)N1CC(=O)Nc2nc(-c3nn(Cc4ccccc4F)c4ncccc34)nc(N)c21. The number of nitrogen functional groups attached to an aromatic ring is 1. The monoisotopic (exact) mass is 450 g/mol. The van der Waals surface area contributed by atoms with Gasteiger partial charge in [-0.25, -0.2) is 24.0 Å². The number of hydrogen-bond donors (Lipinski definition) is 3. The number of methoxy groups -OCH3 is 1. The van der Waals surface area contributed by atoms with Crippen molar-refractivity contribution in [2.24, 2.45) is 0 Å². The standard InChI is InChI=1S/C21H19FN8O3/c1-33-21(32)29-10-14(31)25-19-16(29)17(23)26-18(27-19)15-12-6-4-8-24-20(12)30(28-15)9-11-5-2-3-7-13(11)22/h2-8,21,32H,9-10H2,1H3,(H3,23,25,26,27,31). The second kappa shape index (κ2) is 8.07. The van der Waals surface area contributed by atoms with E-state index < -0.39 is 12.3 Å². The van der Waals surface area contributed by atoms with Gasteiger partial charge in [0.15, 0.2) is 23.1 Å². The van der Waals surface area contributed by atoms with Gasteiger partial charge in [-0.2, -0.15) is 5.10 Å². The number of rotatable bonds is 5. The molecule has 168 valence electrons. The third-order valence-corrected chi connectivity index (χ3v) is 5.24. The summed E-state index contributed by atoms with van der Waals surface area (Å²) in [5, 5.41) is 18.0. The Balaban J connectivity index is 1.63. The van der Waals surface area contributed by atoms with Crippen molar-refractivity contribution >= 4 is 34.3 Å². The lowest BCUT2D eigenvalue weighted by Gasteiger charge is -2.33. The maximum absolute atomic E-state index is 14.2. The summed E-state index contributed by atoms with van der Waals surface area (Å²) in [6, 6.07) is 9.94. The van der Waals surface area contributed by atoms with E-state index in [9.17, 15) is 14.3 Å². The predicted molar refractivity (Wildman–Crippen MR) is 117 cm³/mol. The first kappa shape index (κ1) is 20.7. The van der Waals surface area contributed by atoms with Crippen molar-refractivity contribution in [3.8, 4) is 11.5 Å². The Morgan fingerprint density at radius 3 is 2.88 bits per heavy atom. The highest BCUT2D eigenvalue weighted by Gasteiger charge is 2.32. The van der Waals surface area contributed by atoms with E-state index in [0.717, 1.165) is 0 Å². The second-order valence-electron chi connectivity index (χ2n) is 7.34. The van der Waals surface area contributed by atoms with Crippen molar-refractivity contribution in [3.63, 3.8) is 0 Å². The molecule has 1 atom stereocenters. The minimum absolute atomic E-state index is 0.0202. The molecule has 3 aromatic heterocycles. The molecule has 0 fully saturated rings. The van der Waals surface area contributed by atoms with Crippen LogP contribution in [0.4, 0.5) is 21.7 Å². The number of aliphatic hydroxyl groups excluding tert-OH is 1. The molecule has 5 rings (SSSR count). The summed E-state index contributed by atoms with van der Waals surface area (Å²) in [6.45, 7) is -0.0375. The van der Waals surface area contributed by atoms with Crippen LogP contribution in [0.25, 0.3) is 22.6 Å². The van der Waals surface area contributed by atoms with Crippen LogP contribution in [0.15, 0.2) is 42.6 Å². The topological polar surface area (TPSA) is 144 Å². The molecule has 4 N–H and O–H groups in total. The first-order valence-corrected chi connectivity index (χ1v) is 9.96. The van der Waals surface area contributed by atoms with Crippen LogP contribution in [0.5, 0.6) is 0 Å². The number of aliphatic hydroxyl groups is 1. The summed E-state index contributed by atoms with van der Waals surface area (Å²) in [7, 11) is 1.30. The van der Waals surface area contributed by atoms with Crippen LogP contribution < -0.4 is 16.0 Å². The van der Waals surface area contributed by atoms with E-state index in [4.69, 9.17) is 10.5 Å². The molecule has 11 nitrogen and oxygen atoms in total. The first-order valence-electron chi connectivity index (χ1n) is 9.96. The van der Waals surface area contributed by atoms with Gasteiger partial charge in [-0.3, -0.25) is 4.79 Å². The largest absolute Gasteiger partial charge is 0.382 e. The molecule has 4 aromatic rings. The van der Waals surface area contributed by atoms with Gasteiger partial charge < -0.3 is 25.8 Å². The molecule has 1 amide bonds. The van der Waals surface area contributed by atoms with Crippen LogP contribution in [0, 0.1) is 5.82 Å². The van der Waals surface area contributed by atoms with Gasteiger partial charge in [0.1, 0.15) is 23.7 Å².